The SMILES string of the molecule is CC(C)(C)[S+]([O-])N[C@H]1CC2(CCN(C(=O)O)CC2)Oc2ccccc21. The van der Waals surface area contributed by atoms with Gasteiger partial charge in [0.25, 0.3) is 0 Å². The van der Waals surface area contributed by atoms with Crippen LogP contribution in [0.1, 0.15) is 51.6 Å². The maximum Gasteiger partial charge on any atom is 0.407 e. The fourth-order valence-electron chi connectivity index (χ4n) is 3.44. The highest BCUT2D eigenvalue weighted by atomic mass is 32.2. The number of likely N-dealkylation sites (tertiary alicyclic amines) is 1. The fourth-order valence-corrected chi connectivity index (χ4v) is 4.26. The molecule has 1 fully saturated rings. The molecule has 7 heteroatoms. The van der Waals surface area contributed by atoms with E-state index in [1.54, 1.807) is 0 Å². The second-order valence-corrected chi connectivity index (χ2v) is 9.85. The molecular weight excluding hydrogens is 340 g/mol. The van der Waals surface area contributed by atoms with Crippen molar-refractivity contribution in [3.63, 3.8) is 0 Å². The minimum Gasteiger partial charge on any atom is -0.598 e. The molecule has 138 valence electrons. The highest BCUT2D eigenvalue weighted by Crippen LogP contribution is 2.44. The molecule has 3 rings (SSSR count). The standard InChI is InChI=1S/C18H26N2O4S/c1-17(2,3)25(23)19-14-12-18(8-10-20(11-9-18)16(21)22)24-15-7-5-4-6-13(14)15/h4-7,14,19H,8-12H2,1-3H3,(H,21,22)/t14-,25?/m0/s1. The van der Waals surface area contributed by atoms with E-state index in [0.29, 0.717) is 32.4 Å². The molecule has 1 aromatic carbocycles. The maximum absolute atomic E-state index is 12.6. The van der Waals surface area contributed by atoms with E-state index < -0.39 is 23.1 Å². The van der Waals surface area contributed by atoms with Crippen LogP contribution in [0.25, 0.3) is 0 Å². The van der Waals surface area contributed by atoms with Crippen LogP contribution < -0.4 is 9.46 Å². The molecule has 2 heterocycles. The second kappa shape index (κ2) is 6.70. The molecule has 0 bridgehead atoms. The van der Waals surface area contributed by atoms with Gasteiger partial charge in [0, 0.05) is 49.3 Å². The minimum atomic E-state index is -1.19. The number of piperidine rings is 1. The molecule has 1 amide bonds. The topological polar surface area (TPSA) is 84.9 Å². The lowest BCUT2D eigenvalue weighted by Gasteiger charge is -2.46. The number of rotatable bonds is 2. The molecule has 0 aromatic heterocycles. The molecule has 2 aliphatic rings. The summed E-state index contributed by atoms with van der Waals surface area (Å²) >= 11 is -1.19. The molecule has 1 spiro atoms. The predicted molar refractivity (Wildman–Crippen MR) is 97.0 cm³/mol. The van der Waals surface area contributed by atoms with Crippen LogP contribution in [-0.4, -0.2) is 44.1 Å². The number of carbonyl (C=O) groups is 1. The Morgan fingerprint density at radius 2 is 2.00 bits per heavy atom. The number of carboxylic acid groups (broad SMARTS) is 1. The Balaban J connectivity index is 1.82. The highest BCUT2D eigenvalue weighted by molar-refractivity contribution is 7.90. The van der Waals surface area contributed by atoms with E-state index in [2.05, 4.69) is 4.72 Å². The fraction of sp³-hybridized carbons (Fsp3) is 0.611. The normalized spacial score (nSPS) is 23.7. The number of para-hydroxylation sites is 1. The van der Waals surface area contributed by atoms with Gasteiger partial charge < -0.3 is 19.3 Å². The molecule has 1 saturated heterocycles. The van der Waals surface area contributed by atoms with Gasteiger partial charge >= 0.3 is 6.09 Å². The minimum absolute atomic E-state index is 0.0682. The molecule has 0 radical (unpaired) electrons. The first-order valence-electron chi connectivity index (χ1n) is 8.64. The average molecular weight is 366 g/mol. The smallest absolute Gasteiger partial charge is 0.407 e. The Kier molecular flexibility index (Phi) is 4.92. The van der Waals surface area contributed by atoms with Crippen molar-refractivity contribution < 1.29 is 19.2 Å². The second-order valence-electron chi connectivity index (χ2n) is 7.85. The third-order valence-corrected chi connectivity index (χ3v) is 6.56. The molecule has 0 saturated carbocycles. The van der Waals surface area contributed by atoms with E-state index in [4.69, 9.17) is 4.74 Å². The van der Waals surface area contributed by atoms with Crippen LogP contribution in [0.2, 0.25) is 0 Å². The van der Waals surface area contributed by atoms with Gasteiger partial charge in [-0.3, -0.25) is 0 Å². The van der Waals surface area contributed by atoms with Gasteiger partial charge in [-0.15, -0.1) is 4.72 Å². The van der Waals surface area contributed by atoms with Crippen molar-refractivity contribution in [3.05, 3.63) is 29.8 Å². The predicted octanol–water partition coefficient (Wildman–Crippen LogP) is 3.07. The van der Waals surface area contributed by atoms with Gasteiger partial charge in [0.2, 0.25) is 0 Å². The van der Waals surface area contributed by atoms with Crippen LogP contribution in [-0.2, 0) is 11.4 Å². The molecule has 0 aliphatic carbocycles. The van der Waals surface area contributed by atoms with E-state index in [0.717, 1.165) is 11.3 Å². The van der Waals surface area contributed by atoms with Gasteiger partial charge in [-0.2, -0.15) is 0 Å². The van der Waals surface area contributed by atoms with Crippen LogP contribution in [0.4, 0.5) is 4.79 Å². The molecule has 25 heavy (non-hydrogen) atoms. The number of ether oxygens (including phenoxy) is 1. The Labute approximate surface area is 151 Å². The van der Waals surface area contributed by atoms with E-state index >= 15 is 0 Å². The molecule has 1 aromatic rings. The van der Waals surface area contributed by atoms with Crippen LogP contribution in [0.5, 0.6) is 5.75 Å². The van der Waals surface area contributed by atoms with Crippen molar-refractivity contribution >= 4 is 17.5 Å². The molecule has 6 nitrogen and oxygen atoms in total. The van der Waals surface area contributed by atoms with Gasteiger partial charge in [0.1, 0.15) is 16.1 Å². The van der Waals surface area contributed by atoms with Crippen LogP contribution in [0.3, 0.4) is 0 Å². The lowest BCUT2D eigenvalue weighted by atomic mass is 9.81. The average Bonchev–Trinajstić information content (AvgIpc) is 2.54. The zero-order chi connectivity index (χ0) is 18.2. The van der Waals surface area contributed by atoms with Gasteiger partial charge in [0.15, 0.2) is 0 Å². The summed E-state index contributed by atoms with van der Waals surface area (Å²) in [6.07, 6.45) is 1.11. The van der Waals surface area contributed by atoms with Crippen LogP contribution in [0.15, 0.2) is 24.3 Å². The van der Waals surface area contributed by atoms with E-state index in [-0.39, 0.29) is 10.8 Å². The number of nitrogens with one attached hydrogen (secondary N) is 1. The van der Waals surface area contributed by atoms with Crippen molar-refractivity contribution in [2.75, 3.05) is 13.1 Å². The summed E-state index contributed by atoms with van der Waals surface area (Å²) in [6.45, 7) is 6.77. The molecular formula is C18H26N2O4S. The summed E-state index contributed by atoms with van der Waals surface area (Å²) in [5.41, 5.74) is 0.617. The number of hydrogen-bond donors (Lipinski definition) is 2. The third kappa shape index (κ3) is 3.88. The number of amides is 1. The molecule has 1 unspecified atom stereocenters. The summed E-state index contributed by atoms with van der Waals surface area (Å²) < 4.78 is 21.9. The molecule has 2 atom stereocenters. The van der Waals surface area contributed by atoms with E-state index in [1.165, 1.54) is 4.90 Å². The summed E-state index contributed by atoms with van der Waals surface area (Å²) in [7, 11) is 0. The molecule has 2 aliphatic heterocycles. The first-order valence-corrected chi connectivity index (χ1v) is 9.79. The number of fused-ring (bicyclic) bond motifs is 1. The Hall–Kier alpha value is -1.44. The molecule has 2 N–H and O–H groups in total. The summed E-state index contributed by atoms with van der Waals surface area (Å²) in [4.78, 5) is 12.6. The monoisotopic (exact) mass is 366 g/mol. The van der Waals surface area contributed by atoms with Gasteiger partial charge in [-0.05, 0) is 26.8 Å². The van der Waals surface area contributed by atoms with Gasteiger partial charge in [-0.25, -0.2) is 4.79 Å². The Morgan fingerprint density at radius 3 is 2.60 bits per heavy atom. The maximum atomic E-state index is 12.6. The van der Waals surface area contributed by atoms with E-state index in [1.807, 2.05) is 45.0 Å². The van der Waals surface area contributed by atoms with Crippen LogP contribution >= 0.6 is 0 Å². The third-order valence-electron chi connectivity index (χ3n) is 4.95. The van der Waals surface area contributed by atoms with E-state index in [9.17, 15) is 14.5 Å². The summed E-state index contributed by atoms with van der Waals surface area (Å²) in [5, 5.41) is 9.18. The Bertz CT molecular complexity index is 638. The lowest BCUT2D eigenvalue weighted by molar-refractivity contribution is -0.0190. The highest BCUT2D eigenvalue weighted by Gasteiger charge is 2.45. The van der Waals surface area contributed by atoms with Gasteiger partial charge in [-0.1, -0.05) is 18.2 Å². The van der Waals surface area contributed by atoms with Crippen LogP contribution in [0, 0.1) is 0 Å². The van der Waals surface area contributed by atoms with Crippen molar-refractivity contribution in [3.8, 4) is 5.75 Å². The first kappa shape index (κ1) is 18.4. The number of hydrogen-bond acceptors (Lipinski definition) is 4. The number of nitrogens with zero attached hydrogens (tertiary/aromatic N) is 1. The first-order chi connectivity index (χ1) is 11.7. The zero-order valence-electron chi connectivity index (χ0n) is 14.9. The van der Waals surface area contributed by atoms with Crippen molar-refractivity contribution in [1.82, 2.24) is 9.62 Å². The lowest BCUT2D eigenvalue weighted by Crippen LogP contribution is -2.54. The zero-order valence-corrected chi connectivity index (χ0v) is 15.8. The quantitative estimate of drug-likeness (QED) is 0.786. The van der Waals surface area contributed by atoms with Crippen molar-refractivity contribution in [1.29, 1.82) is 0 Å². The van der Waals surface area contributed by atoms with Crippen molar-refractivity contribution in [2.24, 2.45) is 0 Å². The summed E-state index contributed by atoms with van der Waals surface area (Å²) in [5.74, 6) is 0.806. The van der Waals surface area contributed by atoms with Crippen molar-refractivity contribution in [2.45, 2.75) is 56.4 Å². The Morgan fingerprint density at radius 1 is 1.36 bits per heavy atom. The number of benzene rings is 1. The summed E-state index contributed by atoms with van der Waals surface area (Å²) in [6, 6.07) is 7.77. The van der Waals surface area contributed by atoms with Gasteiger partial charge in [0.05, 0.1) is 6.04 Å². The largest absolute Gasteiger partial charge is 0.598 e.